The van der Waals surface area contributed by atoms with Crippen molar-refractivity contribution in [3.8, 4) is 0 Å². The molecule has 1 fully saturated rings. The van der Waals surface area contributed by atoms with E-state index in [9.17, 15) is 4.79 Å². The molecule has 1 aromatic heterocycles. The van der Waals surface area contributed by atoms with E-state index >= 15 is 0 Å². The summed E-state index contributed by atoms with van der Waals surface area (Å²) >= 11 is 0. The molecule has 0 atom stereocenters. The Kier molecular flexibility index (Phi) is 5.94. The predicted octanol–water partition coefficient (Wildman–Crippen LogP) is 4.66. The first-order valence-electron chi connectivity index (χ1n) is 11.6. The van der Waals surface area contributed by atoms with Crippen molar-refractivity contribution >= 4 is 22.6 Å². The zero-order valence-corrected chi connectivity index (χ0v) is 18.1. The van der Waals surface area contributed by atoms with E-state index in [-0.39, 0.29) is 0 Å². The summed E-state index contributed by atoms with van der Waals surface area (Å²) in [5.74, 6) is 0.303. The van der Waals surface area contributed by atoms with Gasteiger partial charge in [0.25, 0.3) is 0 Å². The van der Waals surface area contributed by atoms with Crippen LogP contribution in [0.2, 0.25) is 0 Å². The van der Waals surface area contributed by atoms with Crippen LogP contribution in [0.1, 0.15) is 36.8 Å². The summed E-state index contributed by atoms with van der Waals surface area (Å²) in [5.41, 5.74) is 4.82. The largest absolute Gasteiger partial charge is 0.462 e. The summed E-state index contributed by atoms with van der Waals surface area (Å²) in [4.78, 5) is 19.5. The zero-order chi connectivity index (χ0) is 21.0. The highest BCUT2D eigenvalue weighted by Gasteiger charge is 2.22. The molecular weight excluding hydrogens is 386 g/mol. The minimum Gasteiger partial charge on any atom is -0.462 e. The lowest BCUT2D eigenvalue weighted by Gasteiger charge is -2.36. The van der Waals surface area contributed by atoms with Gasteiger partial charge in [-0.1, -0.05) is 42.8 Å². The molecule has 0 spiro atoms. The number of nitrogens with zero attached hydrogens (tertiary/aromatic N) is 3. The van der Waals surface area contributed by atoms with Crippen LogP contribution in [-0.4, -0.2) is 48.4 Å². The number of rotatable bonds is 7. The second-order valence-electron chi connectivity index (χ2n) is 8.77. The number of fused-ring (bicyclic) bond motifs is 2. The summed E-state index contributed by atoms with van der Waals surface area (Å²) in [5, 5.41) is 1.17. The number of amides is 1. The van der Waals surface area contributed by atoms with Crippen LogP contribution in [0.4, 0.5) is 5.69 Å². The summed E-state index contributed by atoms with van der Waals surface area (Å²) in [7, 11) is 0. The van der Waals surface area contributed by atoms with Gasteiger partial charge in [-0.25, -0.2) is 0 Å². The maximum absolute atomic E-state index is 12.5. The third-order valence-corrected chi connectivity index (χ3v) is 6.73. The van der Waals surface area contributed by atoms with Gasteiger partial charge in [0.05, 0.1) is 12.0 Å². The van der Waals surface area contributed by atoms with E-state index in [1.807, 2.05) is 11.0 Å². The van der Waals surface area contributed by atoms with Crippen LogP contribution in [0, 0.1) is 0 Å². The molecular formula is C26H31N3O2. The van der Waals surface area contributed by atoms with Gasteiger partial charge in [0, 0.05) is 51.1 Å². The number of para-hydroxylation sites is 1. The number of anilines is 1. The smallest absolute Gasteiger partial charge is 0.223 e. The predicted molar refractivity (Wildman–Crippen MR) is 124 cm³/mol. The maximum atomic E-state index is 12.5. The highest BCUT2D eigenvalue weighted by molar-refractivity contribution is 5.89. The monoisotopic (exact) mass is 417 g/mol. The van der Waals surface area contributed by atoms with Crippen LogP contribution in [0.25, 0.3) is 11.0 Å². The van der Waals surface area contributed by atoms with Crippen molar-refractivity contribution in [1.82, 2.24) is 9.80 Å². The molecule has 2 aliphatic heterocycles. The molecule has 5 nitrogen and oxygen atoms in total. The molecule has 1 saturated heterocycles. The molecule has 162 valence electrons. The third-order valence-electron chi connectivity index (χ3n) is 6.73. The van der Waals surface area contributed by atoms with Gasteiger partial charge in [-0.05, 0) is 42.6 Å². The third kappa shape index (κ3) is 4.47. The molecule has 5 heteroatoms. The molecule has 5 rings (SSSR count). The van der Waals surface area contributed by atoms with Gasteiger partial charge in [0.1, 0.15) is 0 Å². The van der Waals surface area contributed by atoms with Crippen LogP contribution in [-0.2, 0) is 17.9 Å². The SMILES string of the molecule is O=C(CCCCCN1CCN(c2cccc3ccoc23)CC1)N1Cc2ccccc2C1. The van der Waals surface area contributed by atoms with Gasteiger partial charge in [0.2, 0.25) is 5.91 Å². The van der Waals surface area contributed by atoms with Crippen molar-refractivity contribution < 1.29 is 9.21 Å². The van der Waals surface area contributed by atoms with E-state index in [1.165, 1.54) is 28.6 Å². The first-order valence-corrected chi connectivity index (χ1v) is 11.6. The van der Waals surface area contributed by atoms with Gasteiger partial charge in [-0.15, -0.1) is 0 Å². The Hall–Kier alpha value is -2.79. The van der Waals surface area contributed by atoms with Crippen LogP contribution in [0.3, 0.4) is 0 Å². The Morgan fingerprint density at radius 3 is 2.39 bits per heavy atom. The Morgan fingerprint density at radius 2 is 1.61 bits per heavy atom. The van der Waals surface area contributed by atoms with E-state index in [1.54, 1.807) is 6.26 Å². The fourth-order valence-corrected chi connectivity index (χ4v) is 4.89. The fraction of sp³-hybridized carbons (Fsp3) is 0.423. The number of carbonyl (C=O) groups excluding carboxylic acids is 1. The van der Waals surface area contributed by atoms with Crippen molar-refractivity contribution in [1.29, 1.82) is 0 Å². The summed E-state index contributed by atoms with van der Waals surface area (Å²) < 4.78 is 5.71. The number of hydrogen-bond donors (Lipinski definition) is 0. The molecule has 0 aliphatic carbocycles. The molecule has 3 aromatic rings. The topological polar surface area (TPSA) is 39.9 Å². The molecule has 0 saturated carbocycles. The quantitative estimate of drug-likeness (QED) is 0.525. The molecule has 2 aromatic carbocycles. The summed E-state index contributed by atoms with van der Waals surface area (Å²) in [6.07, 6.45) is 5.73. The fourth-order valence-electron chi connectivity index (χ4n) is 4.89. The number of furan rings is 1. The minimum absolute atomic E-state index is 0.303. The standard InChI is InChI=1S/C26H31N3O2/c30-25(29-19-22-7-3-4-8-23(22)20-29)11-2-1-5-13-27-14-16-28(17-15-27)24-10-6-9-21-12-18-31-26(21)24/h3-4,6-10,12,18H,1-2,5,11,13-17,19-20H2. The molecule has 1 amide bonds. The van der Waals surface area contributed by atoms with E-state index in [0.29, 0.717) is 12.3 Å². The van der Waals surface area contributed by atoms with Crippen molar-refractivity contribution in [2.24, 2.45) is 0 Å². The highest BCUT2D eigenvalue weighted by atomic mass is 16.3. The Bertz CT molecular complexity index is 1010. The molecule has 3 heterocycles. The number of piperazine rings is 1. The number of benzene rings is 2. The van der Waals surface area contributed by atoms with Gasteiger partial charge in [-0.2, -0.15) is 0 Å². The molecule has 2 aliphatic rings. The van der Waals surface area contributed by atoms with Crippen molar-refractivity contribution in [3.63, 3.8) is 0 Å². The molecule has 0 unspecified atom stereocenters. The van der Waals surface area contributed by atoms with E-state index in [2.05, 4.69) is 52.3 Å². The normalized spacial score (nSPS) is 16.8. The van der Waals surface area contributed by atoms with Gasteiger partial charge in [-0.3, -0.25) is 9.69 Å². The highest BCUT2D eigenvalue weighted by Crippen LogP contribution is 2.28. The number of unbranched alkanes of at least 4 members (excludes halogenated alkanes) is 2. The minimum atomic E-state index is 0.303. The number of hydrogen-bond acceptors (Lipinski definition) is 4. The average molecular weight is 418 g/mol. The summed E-state index contributed by atoms with van der Waals surface area (Å²) in [6, 6.07) is 16.8. The van der Waals surface area contributed by atoms with Crippen LogP contribution >= 0.6 is 0 Å². The summed E-state index contributed by atoms with van der Waals surface area (Å²) in [6.45, 7) is 6.93. The van der Waals surface area contributed by atoms with E-state index in [0.717, 1.165) is 64.2 Å². The molecule has 0 radical (unpaired) electrons. The van der Waals surface area contributed by atoms with Crippen LogP contribution in [0.15, 0.2) is 59.2 Å². The number of carbonyl (C=O) groups is 1. The van der Waals surface area contributed by atoms with E-state index < -0.39 is 0 Å². The van der Waals surface area contributed by atoms with Gasteiger partial charge < -0.3 is 14.2 Å². The second-order valence-corrected chi connectivity index (χ2v) is 8.77. The molecule has 0 N–H and O–H groups in total. The lowest BCUT2D eigenvalue weighted by Crippen LogP contribution is -2.46. The van der Waals surface area contributed by atoms with Gasteiger partial charge in [0.15, 0.2) is 5.58 Å². The second kappa shape index (κ2) is 9.15. The Balaban J connectivity index is 0.997. The molecule has 0 bridgehead atoms. The van der Waals surface area contributed by atoms with Gasteiger partial charge >= 0.3 is 0 Å². The van der Waals surface area contributed by atoms with E-state index in [4.69, 9.17) is 4.42 Å². The average Bonchev–Trinajstić information content (AvgIpc) is 3.46. The van der Waals surface area contributed by atoms with Crippen molar-refractivity contribution in [2.45, 2.75) is 38.8 Å². The van der Waals surface area contributed by atoms with Crippen molar-refractivity contribution in [3.05, 3.63) is 65.9 Å². The Labute approximate surface area is 184 Å². The van der Waals surface area contributed by atoms with Crippen LogP contribution in [0.5, 0.6) is 0 Å². The lowest BCUT2D eigenvalue weighted by molar-refractivity contribution is -0.131. The first kappa shape index (κ1) is 20.1. The Morgan fingerprint density at radius 1 is 0.839 bits per heavy atom. The molecule has 31 heavy (non-hydrogen) atoms. The zero-order valence-electron chi connectivity index (χ0n) is 18.1. The maximum Gasteiger partial charge on any atom is 0.223 e. The first-order chi connectivity index (χ1) is 15.3. The lowest BCUT2D eigenvalue weighted by atomic mass is 10.1. The van der Waals surface area contributed by atoms with Crippen molar-refractivity contribution in [2.75, 3.05) is 37.6 Å². The van der Waals surface area contributed by atoms with Crippen LogP contribution < -0.4 is 4.90 Å².